The molecule has 1 fully saturated rings. The largest absolute Gasteiger partial charge is 0.354 e. The standard InChI is InChI=1S/C19H16ClN5S/c1-10-14-16-17(26-19(14)24-11(2)15(10)20)18(23-9-22-16)25-7-13(8-25)12-3-5-21-6-4-12/h3-6,9,13H,7-8H2,1-2H3. The Morgan fingerprint density at radius 3 is 2.69 bits per heavy atom. The fourth-order valence-corrected chi connectivity index (χ4v) is 5.00. The van der Waals surface area contributed by atoms with E-state index in [4.69, 9.17) is 11.6 Å². The Kier molecular flexibility index (Phi) is 3.58. The molecule has 0 amide bonds. The number of pyridine rings is 2. The van der Waals surface area contributed by atoms with Crippen LogP contribution in [0.3, 0.4) is 0 Å². The molecule has 5 rings (SSSR count). The van der Waals surface area contributed by atoms with Crippen molar-refractivity contribution >= 4 is 49.2 Å². The van der Waals surface area contributed by atoms with E-state index in [9.17, 15) is 0 Å². The number of halogens is 1. The third-order valence-electron chi connectivity index (χ3n) is 5.08. The van der Waals surface area contributed by atoms with Gasteiger partial charge in [-0.25, -0.2) is 15.0 Å². The van der Waals surface area contributed by atoms with E-state index in [1.807, 2.05) is 26.2 Å². The van der Waals surface area contributed by atoms with Crippen molar-refractivity contribution in [3.05, 3.63) is 52.7 Å². The topological polar surface area (TPSA) is 54.8 Å². The summed E-state index contributed by atoms with van der Waals surface area (Å²) >= 11 is 8.08. The van der Waals surface area contributed by atoms with Gasteiger partial charge in [0, 0.05) is 36.8 Å². The van der Waals surface area contributed by atoms with Crippen LogP contribution in [0.25, 0.3) is 20.4 Å². The lowest BCUT2D eigenvalue weighted by molar-refractivity contribution is 0.521. The van der Waals surface area contributed by atoms with Gasteiger partial charge in [-0.2, -0.15) is 0 Å². The zero-order valence-electron chi connectivity index (χ0n) is 14.4. The maximum Gasteiger partial charge on any atom is 0.150 e. The van der Waals surface area contributed by atoms with Gasteiger partial charge >= 0.3 is 0 Å². The van der Waals surface area contributed by atoms with Crippen molar-refractivity contribution < 1.29 is 0 Å². The van der Waals surface area contributed by atoms with E-state index in [1.54, 1.807) is 17.7 Å². The van der Waals surface area contributed by atoms with Gasteiger partial charge in [0.2, 0.25) is 0 Å². The van der Waals surface area contributed by atoms with Crippen molar-refractivity contribution in [3.63, 3.8) is 0 Å². The smallest absolute Gasteiger partial charge is 0.150 e. The highest BCUT2D eigenvalue weighted by Gasteiger charge is 2.31. The molecule has 0 radical (unpaired) electrons. The maximum atomic E-state index is 6.42. The summed E-state index contributed by atoms with van der Waals surface area (Å²) in [6, 6.07) is 4.18. The molecule has 0 aliphatic carbocycles. The molecule has 0 unspecified atom stereocenters. The molecule has 0 N–H and O–H groups in total. The van der Waals surface area contributed by atoms with E-state index in [2.05, 4.69) is 37.0 Å². The minimum absolute atomic E-state index is 0.522. The Morgan fingerprint density at radius 2 is 1.92 bits per heavy atom. The highest BCUT2D eigenvalue weighted by atomic mass is 35.5. The van der Waals surface area contributed by atoms with E-state index >= 15 is 0 Å². The van der Waals surface area contributed by atoms with Gasteiger partial charge in [-0.1, -0.05) is 11.6 Å². The average molecular weight is 382 g/mol. The summed E-state index contributed by atoms with van der Waals surface area (Å²) in [6.07, 6.45) is 5.36. The molecule has 5 nitrogen and oxygen atoms in total. The molecule has 4 aromatic rings. The highest BCUT2D eigenvalue weighted by molar-refractivity contribution is 7.26. The van der Waals surface area contributed by atoms with Crippen molar-refractivity contribution in [3.8, 4) is 0 Å². The number of aryl methyl sites for hydroxylation is 2. The third-order valence-corrected chi connectivity index (χ3v) is 6.71. The first kappa shape index (κ1) is 15.9. The normalized spacial score (nSPS) is 15.0. The molecule has 5 heterocycles. The molecule has 1 saturated heterocycles. The molecular formula is C19H16ClN5S. The molecule has 0 saturated carbocycles. The third kappa shape index (κ3) is 2.29. The van der Waals surface area contributed by atoms with E-state index < -0.39 is 0 Å². The number of hydrogen-bond donors (Lipinski definition) is 0. The van der Waals surface area contributed by atoms with Crippen LogP contribution in [0.4, 0.5) is 5.82 Å². The van der Waals surface area contributed by atoms with Crippen LogP contribution in [0.2, 0.25) is 5.02 Å². The fourth-order valence-electron chi connectivity index (χ4n) is 3.61. The molecule has 0 aromatic carbocycles. The Balaban J connectivity index is 1.58. The van der Waals surface area contributed by atoms with Crippen LogP contribution in [0.15, 0.2) is 30.9 Å². The van der Waals surface area contributed by atoms with Crippen LogP contribution in [0.1, 0.15) is 22.7 Å². The lowest BCUT2D eigenvalue weighted by Gasteiger charge is -2.40. The van der Waals surface area contributed by atoms with Gasteiger partial charge in [-0.05, 0) is 37.1 Å². The number of fused-ring (bicyclic) bond motifs is 3. The van der Waals surface area contributed by atoms with Gasteiger partial charge in [0.05, 0.1) is 20.9 Å². The Labute approximate surface area is 159 Å². The molecule has 130 valence electrons. The minimum Gasteiger partial charge on any atom is -0.354 e. The van der Waals surface area contributed by atoms with Gasteiger partial charge in [0.25, 0.3) is 0 Å². The quantitative estimate of drug-likeness (QED) is 0.511. The van der Waals surface area contributed by atoms with Crippen LogP contribution in [0.5, 0.6) is 0 Å². The van der Waals surface area contributed by atoms with E-state index in [0.29, 0.717) is 5.92 Å². The molecule has 1 aliphatic rings. The zero-order chi connectivity index (χ0) is 17.8. The number of aromatic nitrogens is 4. The minimum atomic E-state index is 0.522. The Bertz CT molecular complexity index is 1140. The Hall–Kier alpha value is -2.31. The van der Waals surface area contributed by atoms with Crippen molar-refractivity contribution in [2.24, 2.45) is 0 Å². The molecule has 4 aromatic heterocycles. The highest BCUT2D eigenvalue weighted by Crippen LogP contribution is 2.42. The summed E-state index contributed by atoms with van der Waals surface area (Å²) < 4.78 is 1.09. The second-order valence-corrected chi connectivity index (χ2v) is 8.05. The van der Waals surface area contributed by atoms with E-state index in [0.717, 1.165) is 55.6 Å². The SMILES string of the molecule is Cc1nc2sc3c(N4CC(c5ccncc5)C4)ncnc3c2c(C)c1Cl. The monoisotopic (exact) mass is 381 g/mol. The second kappa shape index (κ2) is 5.86. The predicted molar refractivity (Wildman–Crippen MR) is 106 cm³/mol. The first-order chi connectivity index (χ1) is 12.6. The molecule has 0 bridgehead atoms. The van der Waals surface area contributed by atoms with Crippen molar-refractivity contribution in [2.75, 3.05) is 18.0 Å². The first-order valence-electron chi connectivity index (χ1n) is 8.48. The second-order valence-electron chi connectivity index (χ2n) is 6.68. The van der Waals surface area contributed by atoms with Crippen molar-refractivity contribution in [1.82, 2.24) is 19.9 Å². The van der Waals surface area contributed by atoms with Crippen LogP contribution in [-0.4, -0.2) is 33.0 Å². The number of nitrogens with zero attached hydrogens (tertiary/aromatic N) is 5. The molecule has 7 heteroatoms. The van der Waals surface area contributed by atoms with Crippen LogP contribution in [0, 0.1) is 13.8 Å². The molecule has 1 aliphatic heterocycles. The summed E-state index contributed by atoms with van der Waals surface area (Å²) in [6.45, 7) is 5.89. The molecular weight excluding hydrogens is 366 g/mol. The fraction of sp³-hybridized carbons (Fsp3) is 0.263. The van der Waals surface area contributed by atoms with E-state index in [1.165, 1.54) is 5.56 Å². The molecule has 0 spiro atoms. The maximum absolute atomic E-state index is 6.42. The number of rotatable bonds is 2. The van der Waals surface area contributed by atoms with Gasteiger partial charge in [-0.3, -0.25) is 4.98 Å². The summed E-state index contributed by atoms with van der Waals surface area (Å²) in [5, 5.41) is 1.77. The predicted octanol–water partition coefficient (Wildman–Crippen LogP) is 4.51. The zero-order valence-corrected chi connectivity index (χ0v) is 16.0. The van der Waals surface area contributed by atoms with Gasteiger partial charge in [0.1, 0.15) is 17.0 Å². The van der Waals surface area contributed by atoms with Crippen molar-refractivity contribution in [1.29, 1.82) is 0 Å². The lowest BCUT2D eigenvalue weighted by Crippen LogP contribution is -2.45. The summed E-state index contributed by atoms with van der Waals surface area (Å²) in [5.74, 6) is 1.52. The van der Waals surface area contributed by atoms with Crippen LogP contribution >= 0.6 is 22.9 Å². The van der Waals surface area contributed by atoms with Crippen LogP contribution in [-0.2, 0) is 0 Å². The van der Waals surface area contributed by atoms with Gasteiger partial charge in [-0.15, -0.1) is 11.3 Å². The number of anilines is 1. The average Bonchev–Trinajstić information content (AvgIpc) is 2.98. The van der Waals surface area contributed by atoms with Gasteiger partial charge < -0.3 is 4.90 Å². The summed E-state index contributed by atoms with van der Waals surface area (Å²) in [5.41, 5.74) is 4.19. The van der Waals surface area contributed by atoms with Crippen LogP contribution < -0.4 is 4.90 Å². The Morgan fingerprint density at radius 1 is 1.15 bits per heavy atom. The van der Waals surface area contributed by atoms with E-state index in [-0.39, 0.29) is 0 Å². The number of thiophene rings is 1. The molecule has 0 atom stereocenters. The first-order valence-corrected chi connectivity index (χ1v) is 9.67. The lowest BCUT2D eigenvalue weighted by atomic mass is 9.92. The summed E-state index contributed by atoms with van der Waals surface area (Å²) in [4.78, 5) is 21.2. The summed E-state index contributed by atoms with van der Waals surface area (Å²) in [7, 11) is 0. The number of hydrogen-bond acceptors (Lipinski definition) is 6. The van der Waals surface area contributed by atoms with Crippen molar-refractivity contribution in [2.45, 2.75) is 19.8 Å². The van der Waals surface area contributed by atoms with Gasteiger partial charge in [0.15, 0.2) is 0 Å². The molecule has 26 heavy (non-hydrogen) atoms.